The standard InChI is InChI=1S/C14H21F2O4P/c1-3-19-21(18,20-4-2)14(15,16)13(17)11-10-12-8-6-5-7-9-12/h5-9,13,17H,3-4,10-11H2,1-2H3. The van der Waals surface area contributed by atoms with Crippen molar-refractivity contribution in [1.82, 2.24) is 0 Å². The molecule has 0 aliphatic heterocycles. The van der Waals surface area contributed by atoms with Gasteiger partial charge in [0.25, 0.3) is 0 Å². The van der Waals surface area contributed by atoms with Gasteiger partial charge in [0, 0.05) is 0 Å². The molecule has 0 fully saturated rings. The first-order valence-electron chi connectivity index (χ1n) is 6.86. The molecule has 0 bridgehead atoms. The third kappa shape index (κ3) is 4.58. The first-order chi connectivity index (χ1) is 9.87. The van der Waals surface area contributed by atoms with E-state index < -0.39 is 19.4 Å². The Morgan fingerprint density at radius 2 is 1.71 bits per heavy atom. The fourth-order valence-electron chi connectivity index (χ4n) is 1.85. The summed E-state index contributed by atoms with van der Waals surface area (Å²) in [5.74, 6) is 0. The summed E-state index contributed by atoms with van der Waals surface area (Å²) in [5, 5.41) is 9.74. The van der Waals surface area contributed by atoms with Crippen LogP contribution in [0.5, 0.6) is 0 Å². The molecule has 0 aliphatic rings. The molecule has 1 N–H and O–H groups in total. The van der Waals surface area contributed by atoms with E-state index in [-0.39, 0.29) is 26.1 Å². The fourth-order valence-corrected chi connectivity index (χ4v) is 3.45. The smallest absolute Gasteiger partial charge is 0.386 e. The molecule has 0 spiro atoms. The van der Waals surface area contributed by atoms with Crippen molar-refractivity contribution in [3.8, 4) is 0 Å². The van der Waals surface area contributed by atoms with Gasteiger partial charge in [-0.2, -0.15) is 8.78 Å². The van der Waals surface area contributed by atoms with Crippen LogP contribution in [-0.2, 0) is 20.0 Å². The fraction of sp³-hybridized carbons (Fsp3) is 0.571. The van der Waals surface area contributed by atoms with Gasteiger partial charge in [-0.1, -0.05) is 30.3 Å². The summed E-state index contributed by atoms with van der Waals surface area (Å²) in [7, 11) is -4.68. The van der Waals surface area contributed by atoms with Gasteiger partial charge in [0.05, 0.1) is 13.2 Å². The third-order valence-electron chi connectivity index (χ3n) is 2.91. The number of aliphatic hydroxyl groups is 1. The molecule has 0 heterocycles. The Kier molecular flexibility index (Phi) is 6.94. The summed E-state index contributed by atoms with van der Waals surface area (Å²) in [5.41, 5.74) is -3.12. The Bertz CT molecular complexity index is 457. The highest BCUT2D eigenvalue weighted by Crippen LogP contribution is 2.63. The zero-order valence-corrected chi connectivity index (χ0v) is 13.1. The van der Waals surface area contributed by atoms with E-state index in [1.807, 2.05) is 6.07 Å². The summed E-state index contributed by atoms with van der Waals surface area (Å²) in [6.07, 6.45) is -2.08. The van der Waals surface area contributed by atoms with E-state index >= 15 is 0 Å². The minimum absolute atomic E-state index is 0.182. The van der Waals surface area contributed by atoms with Crippen LogP contribution in [0.4, 0.5) is 8.78 Å². The van der Waals surface area contributed by atoms with Crippen LogP contribution in [-0.4, -0.2) is 30.1 Å². The zero-order valence-electron chi connectivity index (χ0n) is 12.2. The van der Waals surface area contributed by atoms with Crippen molar-refractivity contribution in [3.05, 3.63) is 35.9 Å². The maximum Gasteiger partial charge on any atom is 0.402 e. The Hall–Kier alpha value is -0.810. The van der Waals surface area contributed by atoms with Crippen LogP contribution >= 0.6 is 7.60 Å². The van der Waals surface area contributed by atoms with Crippen LogP contribution < -0.4 is 0 Å². The second-order valence-corrected chi connectivity index (χ2v) is 6.57. The lowest BCUT2D eigenvalue weighted by Crippen LogP contribution is -2.35. The van der Waals surface area contributed by atoms with Gasteiger partial charge in [-0.25, -0.2) is 0 Å². The quantitative estimate of drug-likeness (QED) is 0.702. The highest BCUT2D eigenvalue weighted by atomic mass is 31.2. The van der Waals surface area contributed by atoms with Crippen LogP contribution in [0.15, 0.2) is 30.3 Å². The molecule has 0 aromatic heterocycles. The monoisotopic (exact) mass is 322 g/mol. The summed E-state index contributed by atoms with van der Waals surface area (Å²) in [6, 6.07) is 8.92. The molecule has 120 valence electrons. The Morgan fingerprint density at radius 1 is 1.19 bits per heavy atom. The Balaban J connectivity index is 2.76. The molecule has 0 amide bonds. The number of aryl methyl sites for hydroxylation is 1. The van der Waals surface area contributed by atoms with Gasteiger partial charge in [-0.05, 0) is 32.3 Å². The van der Waals surface area contributed by atoms with Crippen molar-refractivity contribution >= 4 is 7.60 Å². The molecule has 0 saturated carbocycles. The van der Waals surface area contributed by atoms with Crippen molar-refractivity contribution in [2.45, 2.75) is 38.5 Å². The Labute approximate surface area is 123 Å². The number of rotatable bonds is 9. The van der Waals surface area contributed by atoms with Crippen LogP contribution in [0.25, 0.3) is 0 Å². The lowest BCUT2D eigenvalue weighted by atomic mass is 10.1. The molecule has 0 saturated heterocycles. The number of halogens is 2. The lowest BCUT2D eigenvalue weighted by Gasteiger charge is -2.29. The maximum absolute atomic E-state index is 14.2. The van der Waals surface area contributed by atoms with E-state index in [9.17, 15) is 18.5 Å². The molecule has 21 heavy (non-hydrogen) atoms. The van der Waals surface area contributed by atoms with E-state index in [1.165, 1.54) is 13.8 Å². The van der Waals surface area contributed by atoms with E-state index in [0.717, 1.165) is 5.56 Å². The average Bonchev–Trinajstić information content (AvgIpc) is 2.46. The largest absolute Gasteiger partial charge is 0.402 e. The van der Waals surface area contributed by atoms with Gasteiger partial charge in [0.2, 0.25) is 0 Å². The maximum atomic E-state index is 14.2. The molecular formula is C14H21F2O4P. The molecule has 1 atom stereocenters. The van der Waals surface area contributed by atoms with Gasteiger partial charge >= 0.3 is 13.3 Å². The average molecular weight is 322 g/mol. The van der Waals surface area contributed by atoms with E-state index in [0.29, 0.717) is 0 Å². The minimum Gasteiger partial charge on any atom is -0.386 e. The molecule has 4 nitrogen and oxygen atoms in total. The number of hydrogen-bond acceptors (Lipinski definition) is 4. The zero-order chi connectivity index (χ0) is 15.9. The van der Waals surface area contributed by atoms with Crippen molar-refractivity contribution < 1.29 is 27.5 Å². The number of benzene rings is 1. The van der Waals surface area contributed by atoms with Gasteiger partial charge in [-0.3, -0.25) is 4.57 Å². The van der Waals surface area contributed by atoms with E-state index in [2.05, 4.69) is 9.05 Å². The molecule has 1 aromatic rings. The van der Waals surface area contributed by atoms with Gasteiger partial charge in [0.1, 0.15) is 6.10 Å². The topological polar surface area (TPSA) is 55.8 Å². The van der Waals surface area contributed by atoms with Gasteiger partial charge in [-0.15, -0.1) is 0 Å². The first kappa shape index (κ1) is 18.2. The Morgan fingerprint density at radius 3 is 2.19 bits per heavy atom. The van der Waals surface area contributed by atoms with Crippen molar-refractivity contribution in [2.24, 2.45) is 0 Å². The summed E-state index contributed by atoms with van der Waals surface area (Å²) >= 11 is 0. The van der Waals surface area contributed by atoms with E-state index in [4.69, 9.17) is 0 Å². The predicted molar refractivity (Wildman–Crippen MR) is 76.6 cm³/mol. The van der Waals surface area contributed by atoms with Crippen LogP contribution in [0, 0.1) is 0 Å². The molecule has 0 radical (unpaired) electrons. The summed E-state index contributed by atoms with van der Waals surface area (Å²) in [4.78, 5) is 0. The highest BCUT2D eigenvalue weighted by Gasteiger charge is 2.58. The van der Waals surface area contributed by atoms with Crippen molar-refractivity contribution in [3.63, 3.8) is 0 Å². The molecule has 1 aromatic carbocycles. The molecule has 7 heteroatoms. The third-order valence-corrected chi connectivity index (χ3v) is 5.14. The van der Waals surface area contributed by atoms with Gasteiger partial charge in [0.15, 0.2) is 0 Å². The number of hydrogen-bond donors (Lipinski definition) is 1. The molecular weight excluding hydrogens is 301 g/mol. The van der Waals surface area contributed by atoms with Crippen LogP contribution in [0.1, 0.15) is 25.8 Å². The second kappa shape index (κ2) is 7.99. The molecule has 0 aliphatic carbocycles. The summed E-state index contributed by atoms with van der Waals surface area (Å²) < 4.78 is 49.8. The minimum atomic E-state index is -4.68. The van der Waals surface area contributed by atoms with Crippen molar-refractivity contribution in [2.75, 3.05) is 13.2 Å². The first-order valence-corrected chi connectivity index (χ1v) is 8.40. The normalized spacial score (nSPS) is 14.1. The predicted octanol–water partition coefficient (Wildman–Crippen LogP) is 3.84. The SMILES string of the molecule is CCOP(=O)(OCC)C(F)(F)C(O)CCc1ccccc1. The van der Waals surface area contributed by atoms with Gasteiger partial charge < -0.3 is 14.2 Å². The lowest BCUT2D eigenvalue weighted by molar-refractivity contribution is -0.0683. The van der Waals surface area contributed by atoms with Crippen LogP contribution in [0.3, 0.4) is 0 Å². The van der Waals surface area contributed by atoms with Crippen molar-refractivity contribution in [1.29, 1.82) is 0 Å². The van der Waals surface area contributed by atoms with E-state index in [1.54, 1.807) is 24.3 Å². The molecule has 1 rings (SSSR count). The second-order valence-electron chi connectivity index (χ2n) is 4.46. The number of aliphatic hydroxyl groups excluding tert-OH is 1. The number of alkyl halides is 2. The molecule has 1 unspecified atom stereocenters. The highest BCUT2D eigenvalue weighted by molar-refractivity contribution is 7.55. The summed E-state index contributed by atoms with van der Waals surface area (Å²) in [6.45, 7) is 2.52. The van der Waals surface area contributed by atoms with Crippen LogP contribution in [0.2, 0.25) is 0 Å².